The summed E-state index contributed by atoms with van der Waals surface area (Å²) in [5.74, 6) is -0.0492. The van der Waals surface area contributed by atoms with E-state index < -0.39 is 0 Å². The first kappa shape index (κ1) is 18.5. The highest BCUT2D eigenvalue weighted by atomic mass is 16.2. The second-order valence-electron chi connectivity index (χ2n) is 6.69. The number of nitrogens with zero attached hydrogens (tertiary/aromatic N) is 1. The SMILES string of the molecule is CCC[C@H](NC(=O)[C@H](C)N(C)CC(=O)NC1CC1)c1ccccc1. The van der Waals surface area contributed by atoms with Gasteiger partial charge in [-0.2, -0.15) is 0 Å². The minimum Gasteiger partial charge on any atom is -0.352 e. The molecule has 132 valence electrons. The average Bonchev–Trinajstić information content (AvgIpc) is 3.38. The van der Waals surface area contributed by atoms with Crippen LogP contribution in [0.4, 0.5) is 0 Å². The van der Waals surface area contributed by atoms with Crippen molar-refractivity contribution in [3.05, 3.63) is 35.9 Å². The van der Waals surface area contributed by atoms with E-state index >= 15 is 0 Å². The molecule has 2 N–H and O–H groups in total. The van der Waals surface area contributed by atoms with Crippen LogP contribution in [0.2, 0.25) is 0 Å². The van der Waals surface area contributed by atoms with Crippen LogP contribution < -0.4 is 10.6 Å². The molecule has 5 heteroatoms. The number of hydrogen-bond acceptors (Lipinski definition) is 3. The molecule has 5 nitrogen and oxygen atoms in total. The van der Waals surface area contributed by atoms with Gasteiger partial charge in [-0.25, -0.2) is 0 Å². The van der Waals surface area contributed by atoms with Crippen LogP contribution in [0, 0.1) is 0 Å². The maximum absolute atomic E-state index is 12.6. The van der Waals surface area contributed by atoms with Gasteiger partial charge in [0.05, 0.1) is 18.6 Å². The molecular formula is C19H29N3O2. The normalized spacial score (nSPS) is 16.5. The summed E-state index contributed by atoms with van der Waals surface area (Å²) in [7, 11) is 1.81. The first-order valence-electron chi connectivity index (χ1n) is 8.86. The summed E-state index contributed by atoms with van der Waals surface area (Å²) >= 11 is 0. The van der Waals surface area contributed by atoms with Crippen LogP contribution in [0.15, 0.2) is 30.3 Å². The lowest BCUT2D eigenvalue weighted by molar-refractivity contribution is -0.128. The van der Waals surface area contributed by atoms with Crippen molar-refractivity contribution in [2.75, 3.05) is 13.6 Å². The zero-order chi connectivity index (χ0) is 17.5. The van der Waals surface area contributed by atoms with Gasteiger partial charge in [0.25, 0.3) is 0 Å². The lowest BCUT2D eigenvalue weighted by Crippen LogP contribution is -2.48. The van der Waals surface area contributed by atoms with Crippen molar-refractivity contribution in [2.45, 2.75) is 57.7 Å². The molecular weight excluding hydrogens is 302 g/mol. The highest BCUT2D eigenvalue weighted by Crippen LogP contribution is 2.19. The maximum atomic E-state index is 12.6. The van der Waals surface area contributed by atoms with E-state index in [-0.39, 0.29) is 30.4 Å². The van der Waals surface area contributed by atoms with Gasteiger partial charge < -0.3 is 10.6 Å². The first-order chi connectivity index (χ1) is 11.5. The van der Waals surface area contributed by atoms with Gasteiger partial charge in [-0.1, -0.05) is 43.7 Å². The lowest BCUT2D eigenvalue weighted by Gasteiger charge is -2.26. The van der Waals surface area contributed by atoms with Crippen molar-refractivity contribution in [1.29, 1.82) is 0 Å². The smallest absolute Gasteiger partial charge is 0.237 e. The molecule has 2 rings (SSSR count). The zero-order valence-electron chi connectivity index (χ0n) is 14.9. The molecule has 0 bridgehead atoms. The molecule has 2 amide bonds. The highest BCUT2D eigenvalue weighted by Gasteiger charge is 2.26. The van der Waals surface area contributed by atoms with Crippen LogP contribution in [-0.4, -0.2) is 42.4 Å². The van der Waals surface area contributed by atoms with Crippen molar-refractivity contribution in [1.82, 2.24) is 15.5 Å². The van der Waals surface area contributed by atoms with Gasteiger partial charge >= 0.3 is 0 Å². The van der Waals surface area contributed by atoms with Gasteiger partial charge in [-0.05, 0) is 38.8 Å². The number of hydrogen-bond donors (Lipinski definition) is 2. The Labute approximate surface area is 144 Å². The Hall–Kier alpha value is -1.88. The molecule has 0 radical (unpaired) electrons. The van der Waals surface area contributed by atoms with Crippen molar-refractivity contribution in [2.24, 2.45) is 0 Å². The predicted octanol–water partition coefficient (Wildman–Crippen LogP) is 2.24. The van der Waals surface area contributed by atoms with Crippen LogP contribution in [0.3, 0.4) is 0 Å². The second kappa shape index (κ2) is 8.83. The van der Waals surface area contributed by atoms with E-state index in [2.05, 4.69) is 17.6 Å². The number of carbonyl (C=O) groups excluding carboxylic acids is 2. The molecule has 0 saturated heterocycles. The zero-order valence-corrected chi connectivity index (χ0v) is 14.9. The number of amides is 2. The fraction of sp³-hybridized carbons (Fsp3) is 0.579. The number of likely N-dealkylation sites (N-methyl/N-ethyl adjacent to an activating group) is 1. The molecule has 1 saturated carbocycles. The van der Waals surface area contributed by atoms with Crippen molar-refractivity contribution in [3.63, 3.8) is 0 Å². The Morgan fingerprint density at radius 2 is 1.92 bits per heavy atom. The van der Waals surface area contributed by atoms with E-state index in [9.17, 15) is 9.59 Å². The summed E-state index contributed by atoms with van der Waals surface area (Å²) in [6, 6.07) is 10.0. The summed E-state index contributed by atoms with van der Waals surface area (Å²) in [6.45, 7) is 4.20. The van der Waals surface area contributed by atoms with Crippen molar-refractivity contribution < 1.29 is 9.59 Å². The van der Waals surface area contributed by atoms with E-state index in [0.29, 0.717) is 6.04 Å². The van der Waals surface area contributed by atoms with E-state index in [1.165, 1.54) is 0 Å². The topological polar surface area (TPSA) is 61.4 Å². The first-order valence-corrected chi connectivity index (χ1v) is 8.86. The molecule has 2 atom stereocenters. The molecule has 0 aliphatic heterocycles. The number of benzene rings is 1. The number of rotatable bonds is 9. The number of nitrogens with one attached hydrogen (secondary N) is 2. The van der Waals surface area contributed by atoms with Gasteiger partial charge in [0.15, 0.2) is 0 Å². The summed E-state index contributed by atoms with van der Waals surface area (Å²) in [5.41, 5.74) is 1.12. The molecule has 1 fully saturated rings. The minimum absolute atomic E-state index is 0.00665. The molecule has 24 heavy (non-hydrogen) atoms. The van der Waals surface area contributed by atoms with E-state index in [0.717, 1.165) is 31.2 Å². The third-order valence-electron chi connectivity index (χ3n) is 4.47. The standard InChI is InChI=1S/C19H29N3O2/c1-4-8-17(15-9-6-5-7-10-15)21-19(24)14(2)22(3)13-18(23)20-16-11-12-16/h5-7,9-10,14,16-17H,4,8,11-13H2,1-3H3,(H,20,23)(H,21,24)/t14-,17-/m0/s1. The molecule has 0 unspecified atom stereocenters. The van der Waals surface area contributed by atoms with Crippen LogP contribution in [0.25, 0.3) is 0 Å². The third-order valence-corrected chi connectivity index (χ3v) is 4.47. The Morgan fingerprint density at radius 3 is 2.50 bits per heavy atom. The van der Waals surface area contributed by atoms with E-state index in [1.54, 1.807) is 4.90 Å². The van der Waals surface area contributed by atoms with E-state index in [4.69, 9.17) is 0 Å². The van der Waals surface area contributed by atoms with Gasteiger partial charge in [0.2, 0.25) is 11.8 Å². The Balaban J connectivity index is 1.88. The quantitative estimate of drug-likeness (QED) is 0.729. The van der Waals surface area contributed by atoms with Crippen LogP contribution >= 0.6 is 0 Å². The summed E-state index contributed by atoms with van der Waals surface area (Å²) in [6.07, 6.45) is 4.03. The van der Waals surface area contributed by atoms with Crippen molar-refractivity contribution >= 4 is 11.8 Å². The fourth-order valence-electron chi connectivity index (χ4n) is 2.65. The Morgan fingerprint density at radius 1 is 1.25 bits per heavy atom. The average molecular weight is 331 g/mol. The maximum Gasteiger partial charge on any atom is 0.237 e. The summed E-state index contributed by atoms with van der Waals surface area (Å²) in [5, 5.41) is 6.08. The van der Waals surface area contributed by atoms with Gasteiger partial charge in [0, 0.05) is 6.04 Å². The molecule has 1 aliphatic rings. The fourth-order valence-corrected chi connectivity index (χ4v) is 2.65. The second-order valence-corrected chi connectivity index (χ2v) is 6.69. The Bertz CT molecular complexity index is 543. The Kier molecular flexibility index (Phi) is 6.79. The van der Waals surface area contributed by atoms with E-state index in [1.807, 2.05) is 44.3 Å². The minimum atomic E-state index is -0.349. The predicted molar refractivity (Wildman–Crippen MR) is 95.5 cm³/mol. The molecule has 0 heterocycles. The van der Waals surface area contributed by atoms with Gasteiger partial charge in [-0.15, -0.1) is 0 Å². The van der Waals surface area contributed by atoms with Crippen LogP contribution in [0.1, 0.15) is 51.1 Å². The van der Waals surface area contributed by atoms with Crippen molar-refractivity contribution in [3.8, 4) is 0 Å². The molecule has 0 aromatic heterocycles. The largest absolute Gasteiger partial charge is 0.352 e. The molecule has 1 aliphatic carbocycles. The molecule has 1 aromatic carbocycles. The van der Waals surface area contributed by atoms with Gasteiger partial charge in [0.1, 0.15) is 0 Å². The summed E-state index contributed by atoms with van der Waals surface area (Å²) < 4.78 is 0. The highest BCUT2D eigenvalue weighted by molar-refractivity contribution is 5.83. The molecule has 1 aromatic rings. The lowest BCUT2D eigenvalue weighted by atomic mass is 10.0. The third kappa shape index (κ3) is 5.64. The van der Waals surface area contributed by atoms with Crippen LogP contribution in [0.5, 0.6) is 0 Å². The molecule has 0 spiro atoms. The number of carbonyl (C=O) groups is 2. The van der Waals surface area contributed by atoms with Gasteiger partial charge in [-0.3, -0.25) is 14.5 Å². The van der Waals surface area contributed by atoms with Crippen LogP contribution in [-0.2, 0) is 9.59 Å². The monoisotopic (exact) mass is 331 g/mol. The summed E-state index contributed by atoms with van der Waals surface area (Å²) in [4.78, 5) is 26.3.